The number of hydrogen-bond donors (Lipinski definition) is 0. The van der Waals surface area contributed by atoms with E-state index in [1.54, 1.807) is 30.3 Å². The molecule has 0 aromatic heterocycles. The van der Waals surface area contributed by atoms with Gasteiger partial charge in [0.1, 0.15) is 6.04 Å². The summed E-state index contributed by atoms with van der Waals surface area (Å²) in [4.78, 5) is 15.6. The molecule has 2 aliphatic rings. The predicted octanol–water partition coefficient (Wildman–Crippen LogP) is 3.52. The fraction of sp³-hybridized carbons (Fsp3) is 0.409. The van der Waals surface area contributed by atoms with Crippen molar-refractivity contribution in [2.45, 2.75) is 50.0 Å². The molecule has 0 radical (unpaired) electrons. The Morgan fingerprint density at radius 3 is 2.57 bits per heavy atom. The van der Waals surface area contributed by atoms with E-state index in [4.69, 9.17) is 0 Å². The molecule has 1 unspecified atom stereocenters. The molecule has 0 bridgehead atoms. The third kappa shape index (κ3) is 3.47. The van der Waals surface area contributed by atoms with E-state index in [2.05, 4.69) is 13.0 Å². The van der Waals surface area contributed by atoms with Crippen molar-refractivity contribution in [3.05, 3.63) is 59.7 Å². The quantitative estimate of drug-likeness (QED) is 0.795. The van der Waals surface area contributed by atoms with Crippen molar-refractivity contribution in [3.63, 3.8) is 0 Å². The van der Waals surface area contributed by atoms with Gasteiger partial charge in [-0.25, -0.2) is 8.42 Å². The second-order valence-corrected chi connectivity index (χ2v) is 9.56. The summed E-state index contributed by atoms with van der Waals surface area (Å²) in [6.07, 6.45) is 4.08. The van der Waals surface area contributed by atoms with Crippen molar-refractivity contribution >= 4 is 21.6 Å². The molecule has 1 fully saturated rings. The lowest BCUT2D eigenvalue weighted by atomic mass is 9.97. The number of sulfonamides is 1. The Morgan fingerprint density at radius 1 is 1.00 bits per heavy atom. The number of benzene rings is 2. The zero-order valence-electron chi connectivity index (χ0n) is 16.2. The fourth-order valence-corrected chi connectivity index (χ4v) is 5.97. The summed E-state index contributed by atoms with van der Waals surface area (Å²) in [5.74, 6) is -0.0935. The minimum absolute atomic E-state index is 0.0935. The molecule has 2 aromatic rings. The van der Waals surface area contributed by atoms with Crippen LogP contribution in [0.4, 0.5) is 5.69 Å². The Bertz CT molecular complexity index is 973. The maximum Gasteiger partial charge on any atom is 0.245 e. The van der Waals surface area contributed by atoms with Crippen LogP contribution in [0, 0.1) is 6.92 Å². The van der Waals surface area contributed by atoms with E-state index in [-0.39, 0.29) is 10.8 Å². The first-order chi connectivity index (χ1) is 13.5. The zero-order chi connectivity index (χ0) is 19.7. The van der Waals surface area contributed by atoms with E-state index in [1.165, 1.54) is 15.4 Å². The highest BCUT2D eigenvalue weighted by Crippen LogP contribution is 2.32. The van der Waals surface area contributed by atoms with Crippen LogP contribution in [-0.2, 0) is 21.2 Å². The van der Waals surface area contributed by atoms with Crippen molar-refractivity contribution in [3.8, 4) is 0 Å². The number of rotatable bonds is 3. The SMILES string of the molecule is Cc1ccc2c(c1)CCCN2C(=O)C1CCCCN1S(=O)(=O)c1ccccc1. The molecule has 0 saturated carbocycles. The van der Waals surface area contributed by atoms with Gasteiger partial charge in [0.15, 0.2) is 0 Å². The summed E-state index contributed by atoms with van der Waals surface area (Å²) in [7, 11) is -3.69. The number of carbonyl (C=O) groups excluding carboxylic acids is 1. The molecular formula is C22H26N2O3S. The van der Waals surface area contributed by atoms with Crippen LogP contribution in [-0.4, -0.2) is 37.8 Å². The molecule has 0 aliphatic carbocycles. The van der Waals surface area contributed by atoms with Crippen LogP contribution in [0.15, 0.2) is 53.4 Å². The maximum absolute atomic E-state index is 13.5. The molecule has 6 heteroatoms. The second-order valence-electron chi connectivity index (χ2n) is 7.67. The molecule has 1 saturated heterocycles. The van der Waals surface area contributed by atoms with Crippen LogP contribution in [0.25, 0.3) is 0 Å². The highest BCUT2D eigenvalue weighted by atomic mass is 32.2. The van der Waals surface area contributed by atoms with E-state index in [0.29, 0.717) is 19.5 Å². The van der Waals surface area contributed by atoms with Crippen molar-refractivity contribution in [1.29, 1.82) is 0 Å². The van der Waals surface area contributed by atoms with Crippen LogP contribution in [0.1, 0.15) is 36.8 Å². The Morgan fingerprint density at radius 2 is 1.79 bits per heavy atom. The molecule has 2 heterocycles. The smallest absolute Gasteiger partial charge is 0.245 e. The lowest BCUT2D eigenvalue weighted by molar-refractivity contribution is -0.123. The highest BCUT2D eigenvalue weighted by Gasteiger charge is 2.40. The summed E-state index contributed by atoms with van der Waals surface area (Å²) >= 11 is 0. The van der Waals surface area contributed by atoms with Gasteiger partial charge < -0.3 is 4.90 Å². The molecule has 5 nitrogen and oxygen atoms in total. The average Bonchev–Trinajstić information content (AvgIpc) is 2.73. The first-order valence-electron chi connectivity index (χ1n) is 9.96. The van der Waals surface area contributed by atoms with Gasteiger partial charge in [0.25, 0.3) is 0 Å². The van der Waals surface area contributed by atoms with Crippen LogP contribution in [0.2, 0.25) is 0 Å². The maximum atomic E-state index is 13.5. The lowest BCUT2D eigenvalue weighted by Crippen LogP contribution is -2.54. The molecule has 0 N–H and O–H groups in total. The van der Waals surface area contributed by atoms with Crippen LogP contribution >= 0.6 is 0 Å². The standard InChI is InChI=1S/C22H26N2O3S/c1-17-12-13-20-18(16-17)8-7-14-23(20)22(25)21-11-5-6-15-24(21)28(26,27)19-9-3-2-4-10-19/h2-4,9-10,12-13,16,21H,5-8,11,14-15H2,1H3. The number of carbonyl (C=O) groups is 1. The van der Waals surface area contributed by atoms with Gasteiger partial charge in [-0.1, -0.05) is 42.3 Å². The van der Waals surface area contributed by atoms with Gasteiger partial charge in [-0.2, -0.15) is 4.31 Å². The zero-order valence-corrected chi connectivity index (χ0v) is 17.0. The monoisotopic (exact) mass is 398 g/mol. The number of aryl methyl sites for hydroxylation is 2. The first kappa shape index (κ1) is 19.2. The van der Waals surface area contributed by atoms with Gasteiger partial charge in [0.05, 0.1) is 4.90 Å². The number of amides is 1. The van der Waals surface area contributed by atoms with Crippen molar-refractivity contribution < 1.29 is 13.2 Å². The molecule has 4 rings (SSSR count). The number of piperidine rings is 1. The van der Waals surface area contributed by atoms with Gasteiger partial charge in [0, 0.05) is 18.8 Å². The van der Waals surface area contributed by atoms with Crippen molar-refractivity contribution in [2.75, 3.05) is 18.0 Å². The minimum Gasteiger partial charge on any atom is -0.311 e. The Hall–Kier alpha value is -2.18. The van der Waals surface area contributed by atoms with Crippen LogP contribution in [0.5, 0.6) is 0 Å². The second kappa shape index (κ2) is 7.68. The van der Waals surface area contributed by atoms with E-state index in [0.717, 1.165) is 31.4 Å². The summed E-state index contributed by atoms with van der Waals surface area (Å²) in [5, 5.41) is 0. The van der Waals surface area contributed by atoms with Gasteiger partial charge in [-0.3, -0.25) is 4.79 Å². The van der Waals surface area contributed by atoms with E-state index < -0.39 is 16.1 Å². The van der Waals surface area contributed by atoms with E-state index in [9.17, 15) is 13.2 Å². The molecule has 148 valence electrons. The molecular weight excluding hydrogens is 372 g/mol. The Kier molecular flexibility index (Phi) is 5.25. The molecule has 2 aromatic carbocycles. The minimum atomic E-state index is -3.69. The predicted molar refractivity (Wildman–Crippen MR) is 110 cm³/mol. The number of anilines is 1. The molecule has 0 spiro atoms. The summed E-state index contributed by atoms with van der Waals surface area (Å²) < 4.78 is 27.9. The van der Waals surface area contributed by atoms with E-state index >= 15 is 0 Å². The largest absolute Gasteiger partial charge is 0.311 e. The number of fused-ring (bicyclic) bond motifs is 1. The average molecular weight is 399 g/mol. The summed E-state index contributed by atoms with van der Waals surface area (Å²) in [5.41, 5.74) is 3.29. The normalized spacial score (nSPS) is 20.6. The highest BCUT2D eigenvalue weighted by molar-refractivity contribution is 7.89. The van der Waals surface area contributed by atoms with Gasteiger partial charge >= 0.3 is 0 Å². The topological polar surface area (TPSA) is 57.7 Å². The van der Waals surface area contributed by atoms with Crippen LogP contribution in [0.3, 0.4) is 0 Å². The third-order valence-corrected chi connectivity index (χ3v) is 7.63. The summed E-state index contributed by atoms with van der Waals surface area (Å²) in [6.45, 7) is 3.09. The fourth-order valence-electron chi connectivity index (χ4n) is 4.30. The Balaban J connectivity index is 1.67. The Labute approximate surface area is 167 Å². The van der Waals surface area contributed by atoms with Crippen molar-refractivity contribution in [1.82, 2.24) is 4.31 Å². The first-order valence-corrected chi connectivity index (χ1v) is 11.4. The third-order valence-electron chi connectivity index (χ3n) is 5.71. The number of nitrogens with zero attached hydrogens (tertiary/aromatic N) is 2. The summed E-state index contributed by atoms with van der Waals surface area (Å²) in [6, 6.07) is 14.0. The van der Waals surface area contributed by atoms with E-state index in [1.807, 2.05) is 17.0 Å². The van der Waals surface area contributed by atoms with Gasteiger partial charge in [0.2, 0.25) is 15.9 Å². The van der Waals surface area contributed by atoms with Crippen LogP contribution < -0.4 is 4.90 Å². The van der Waals surface area contributed by atoms with Crippen molar-refractivity contribution in [2.24, 2.45) is 0 Å². The van der Waals surface area contributed by atoms with Gasteiger partial charge in [-0.05, 0) is 56.4 Å². The molecule has 1 atom stereocenters. The molecule has 2 aliphatic heterocycles. The molecule has 28 heavy (non-hydrogen) atoms. The van der Waals surface area contributed by atoms with Gasteiger partial charge in [-0.15, -0.1) is 0 Å². The lowest BCUT2D eigenvalue weighted by Gasteiger charge is -2.38. The number of hydrogen-bond acceptors (Lipinski definition) is 3. The molecule has 1 amide bonds.